The van der Waals surface area contributed by atoms with E-state index in [4.69, 9.17) is 11.6 Å². The van der Waals surface area contributed by atoms with Crippen LogP contribution in [0.5, 0.6) is 0 Å². The lowest BCUT2D eigenvalue weighted by molar-refractivity contribution is 0.580. The Hall–Kier alpha value is -2.28. The standard InChI is InChI=1S/C19H18ClN3O2S/c20-18-8-4-5-15(11-18)14-26(24,25)23-10-9-16-12-21-19(22-13-16)17-6-2-1-3-7-17/h1-8,11-13,23H,9-10,14H2. The molecule has 0 amide bonds. The number of aromatic nitrogens is 2. The van der Waals surface area contributed by atoms with Crippen LogP contribution in [-0.4, -0.2) is 24.9 Å². The van der Waals surface area contributed by atoms with Gasteiger partial charge in [-0.15, -0.1) is 0 Å². The van der Waals surface area contributed by atoms with Crippen LogP contribution in [0.25, 0.3) is 11.4 Å². The SMILES string of the molecule is O=S(=O)(Cc1cccc(Cl)c1)NCCc1cnc(-c2ccccc2)nc1. The molecule has 0 saturated carbocycles. The maximum absolute atomic E-state index is 12.2. The fourth-order valence-corrected chi connectivity index (χ4v) is 3.81. The summed E-state index contributed by atoms with van der Waals surface area (Å²) in [6.45, 7) is 0.289. The quantitative estimate of drug-likeness (QED) is 0.673. The lowest BCUT2D eigenvalue weighted by atomic mass is 10.2. The summed E-state index contributed by atoms with van der Waals surface area (Å²) < 4.78 is 26.9. The number of nitrogens with zero attached hydrogens (tertiary/aromatic N) is 2. The molecular weight excluding hydrogens is 370 g/mol. The van der Waals surface area contributed by atoms with Gasteiger partial charge in [-0.05, 0) is 29.7 Å². The van der Waals surface area contributed by atoms with Gasteiger partial charge in [0, 0.05) is 29.5 Å². The summed E-state index contributed by atoms with van der Waals surface area (Å²) in [5, 5.41) is 0.522. The molecule has 0 fully saturated rings. The zero-order valence-corrected chi connectivity index (χ0v) is 15.5. The largest absolute Gasteiger partial charge is 0.236 e. The molecule has 1 N–H and O–H groups in total. The number of sulfonamides is 1. The fourth-order valence-electron chi connectivity index (χ4n) is 2.47. The summed E-state index contributed by atoms with van der Waals surface area (Å²) in [5.74, 6) is 0.549. The van der Waals surface area contributed by atoms with E-state index in [2.05, 4.69) is 14.7 Å². The first kappa shape index (κ1) is 18.5. The minimum Gasteiger partial charge on any atom is -0.236 e. The minimum atomic E-state index is -3.42. The molecule has 0 unspecified atom stereocenters. The summed E-state index contributed by atoms with van der Waals surface area (Å²) in [4.78, 5) is 8.68. The van der Waals surface area contributed by atoms with Gasteiger partial charge in [-0.3, -0.25) is 0 Å². The molecule has 0 bridgehead atoms. The fraction of sp³-hybridized carbons (Fsp3) is 0.158. The number of rotatable bonds is 7. The zero-order chi connectivity index (χ0) is 18.4. The molecule has 134 valence electrons. The van der Waals surface area contributed by atoms with E-state index in [0.29, 0.717) is 22.8 Å². The molecule has 5 nitrogen and oxygen atoms in total. The first-order valence-corrected chi connectivity index (χ1v) is 10.1. The van der Waals surface area contributed by atoms with E-state index >= 15 is 0 Å². The maximum Gasteiger partial charge on any atom is 0.215 e. The molecule has 1 heterocycles. The van der Waals surface area contributed by atoms with Crippen LogP contribution in [0.2, 0.25) is 5.02 Å². The second kappa shape index (κ2) is 8.40. The minimum absolute atomic E-state index is 0.100. The summed E-state index contributed by atoms with van der Waals surface area (Å²) >= 11 is 5.89. The third-order valence-electron chi connectivity index (χ3n) is 3.72. The summed E-state index contributed by atoms with van der Waals surface area (Å²) in [5.41, 5.74) is 2.47. The third kappa shape index (κ3) is 5.36. The smallest absolute Gasteiger partial charge is 0.215 e. The van der Waals surface area contributed by atoms with Gasteiger partial charge in [0.25, 0.3) is 0 Å². The zero-order valence-electron chi connectivity index (χ0n) is 14.0. The van der Waals surface area contributed by atoms with Crippen LogP contribution < -0.4 is 4.72 Å². The molecule has 2 aromatic carbocycles. The molecule has 0 spiro atoms. The van der Waals surface area contributed by atoms with Crippen molar-refractivity contribution in [3.05, 3.63) is 83.1 Å². The van der Waals surface area contributed by atoms with Crippen LogP contribution in [0.3, 0.4) is 0 Å². The van der Waals surface area contributed by atoms with E-state index in [1.807, 2.05) is 30.3 Å². The Morgan fingerprint density at radius 2 is 1.65 bits per heavy atom. The Kier molecular flexibility index (Phi) is 5.98. The molecule has 7 heteroatoms. The number of hydrogen-bond donors (Lipinski definition) is 1. The number of nitrogens with one attached hydrogen (secondary N) is 1. The highest BCUT2D eigenvalue weighted by Gasteiger charge is 2.11. The summed E-state index contributed by atoms with van der Waals surface area (Å²) in [7, 11) is -3.42. The van der Waals surface area contributed by atoms with E-state index in [1.54, 1.807) is 36.7 Å². The first-order valence-electron chi connectivity index (χ1n) is 8.10. The van der Waals surface area contributed by atoms with Crippen LogP contribution in [0.1, 0.15) is 11.1 Å². The predicted molar refractivity (Wildman–Crippen MR) is 103 cm³/mol. The van der Waals surface area contributed by atoms with E-state index in [-0.39, 0.29) is 12.3 Å². The Morgan fingerprint density at radius 1 is 0.923 bits per heavy atom. The van der Waals surface area contributed by atoms with Crippen molar-refractivity contribution < 1.29 is 8.42 Å². The van der Waals surface area contributed by atoms with Crippen molar-refractivity contribution in [2.45, 2.75) is 12.2 Å². The van der Waals surface area contributed by atoms with Crippen LogP contribution in [0.15, 0.2) is 67.0 Å². The molecule has 3 aromatic rings. The maximum atomic E-state index is 12.2. The molecule has 26 heavy (non-hydrogen) atoms. The van der Waals surface area contributed by atoms with Gasteiger partial charge in [0.05, 0.1) is 5.75 Å². The molecule has 0 aliphatic rings. The monoisotopic (exact) mass is 387 g/mol. The number of benzene rings is 2. The Labute approximate surface area is 158 Å². The lowest BCUT2D eigenvalue weighted by Gasteiger charge is -2.07. The van der Waals surface area contributed by atoms with E-state index < -0.39 is 10.0 Å². The predicted octanol–water partition coefficient (Wildman–Crippen LogP) is 3.46. The lowest BCUT2D eigenvalue weighted by Crippen LogP contribution is -2.27. The van der Waals surface area contributed by atoms with Crippen molar-refractivity contribution in [3.63, 3.8) is 0 Å². The van der Waals surface area contributed by atoms with Crippen LogP contribution in [-0.2, 0) is 22.2 Å². The van der Waals surface area contributed by atoms with Gasteiger partial charge in [0.15, 0.2) is 5.82 Å². The molecule has 1 aromatic heterocycles. The first-order chi connectivity index (χ1) is 12.5. The van der Waals surface area contributed by atoms with Gasteiger partial charge < -0.3 is 0 Å². The van der Waals surface area contributed by atoms with E-state index in [9.17, 15) is 8.42 Å². The van der Waals surface area contributed by atoms with E-state index in [1.165, 1.54) is 0 Å². The van der Waals surface area contributed by atoms with Gasteiger partial charge in [-0.2, -0.15) is 0 Å². The molecule has 0 aliphatic carbocycles. The number of halogens is 1. The molecule has 0 aliphatic heterocycles. The van der Waals surface area contributed by atoms with Crippen LogP contribution >= 0.6 is 11.6 Å². The third-order valence-corrected chi connectivity index (χ3v) is 5.31. The molecular formula is C19H18ClN3O2S. The molecule has 0 radical (unpaired) electrons. The Balaban J connectivity index is 1.54. The molecule has 0 atom stereocenters. The average molecular weight is 388 g/mol. The van der Waals surface area contributed by atoms with E-state index in [0.717, 1.165) is 11.1 Å². The Bertz CT molecular complexity index is 962. The van der Waals surface area contributed by atoms with Gasteiger partial charge in [0.2, 0.25) is 10.0 Å². The van der Waals surface area contributed by atoms with Crippen molar-refractivity contribution in [3.8, 4) is 11.4 Å². The van der Waals surface area contributed by atoms with Crippen molar-refractivity contribution in [2.75, 3.05) is 6.54 Å². The highest BCUT2D eigenvalue weighted by Crippen LogP contribution is 2.14. The topological polar surface area (TPSA) is 72.0 Å². The molecule has 0 saturated heterocycles. The highest BCUT2D eigenvalue weighted by molar-refractivity contribution is 7.88. The molecule has 3 rings (SSSR count). The van der Waals surface area contributed by atoms with Crippen LogP contribution in [0, 0.1) is 0 Å². The van der Waals surface area contributed by atoms with Gasteiger partial charge in [-0.1, -0.05) is 54.1 Å². The summed E-state index contributed by atoms with van der Waals surface area (Å²) in [6, 6.07) is 16.5. The Morgan fingerprint density at radius 3 is 2.35 bits per heavy atom. The van der Waals surface area contributed by atoms with Crippen molar-refractivity contribution in [1.82, 2.24) is 14.7 Å². The number of hydrogen-bond acceptors (Lipinski definition) is 4. The highest BCUT2D eigenvalue weighted by atomic mass is 35.5. The normalized spacial score (nSPS) is 11.4. The summed E-state index contributed by atoms with van der Waals surface area (Å²) in [6.07, 6.45) is 3.96. The van der Waals surface area contributed by atoms with Crippen molar-refractivity contribution in [2.24, 2.45) is 0 Å². The second-order valence-electron chi connectivity index (χ2n) is 5.81. The van der Waals surface area contributed by atoms with Gasteiger partial charge in [-0.25, -0.2) is 23.1 Å². The van der Waals surface area contributed by atoms with Gasteiger partial charge >= 0.3 is 0 Å². The van der Waals surface area contributed by atoms with Crippen molar-refractivity contribution >= 4 is 21.6 Å². The van der Waals surface area contributed by atoms with Crippen molar-refractivity contribution in [1.29, 1.82) is 0 Å². The second-order valence-corrected chi connectivity index (χ2v) is 8.06. The van der Waals surface area contributed by atoms with Gasteiger partial charge in [0.1, 0.15) is 0 Å². The average Bonchev–Trinajstić information content (AvgIpc) is 2.62. The van der Waals surface area contributed by atoms with Crippen LogP contribution in [0.4, 0.5) is 0 Å².